The summed E-state index contributed by atoms with van der Waals surface area (Å²) in [6.07, 6.45) is 0. The molecule has 1 amide bonds. The topological polar surface area (TPSA) is 68.6 Å². The highest BCUT2D eigenvalue weighted by molar-refractivity contribution is 8.00. The van der Waals surface area contributed by atoms with Crippen LogP contribution in [0.1, 0.15) is 21.7 Å². The number of nitrogens with zero attached hydrogens (tertiary/aromatic N) is 2. The first kappa shape index (κ1) is 18.3. The number of benzene rings is 1. The van der Waals surface area contributed by atoms with E-state index >= 15 is 0 Å². The quantitative estimate of drug-likeness (QED) is 0.596. The number of Topliss-reactive ketones (excluding diaryl/α,β-unsaturated/α-hetero) is 1. The molecule has 1 aliphatic heterocycles. The third-order valence-electron chi connectivity index (χ3n) is 4.54. The van der Waals surface area contributed by atoms with Crippen LogP contribution in [0.15, 0.2) is 35.2 Å². The molecule has 7 heteroatoms. The van der Waals surface area contributed by atoms with Gasteiger partial charge < -0.3 is 9.30 Å². The number of amides is 1. The standard InChI is InChI=1S/C19H20N2O4S/c1-12-8-14(13(2)20(12)3)16(22)10-25-19(24)9-21-15-6-4-5-7-17(15)26-11-18(21)23/h4-8H,9-11H2,1-3H3. The molecule has 1 aromatic heterocycles. The molecule has 0 radical (unpaired) electrons. The maximum Gasteiger partial charge on any atom is 0.326 e. The van der Waals surface area contributed by atoms with Crippen molar-refractivity contribution in [3.05, 3.63) is 47.3 Å². The maximum atomic E-state index is 12.3. The lowest BCUT2D eigenvalue weighted by molar-refractivity contribution is -0.141. The Labute approximate surface area is 156 Å². The second-order valence-corrected chi connectivity index (χ2v) is 7.18. The average molecular weight is 372 g/mol. The van der Waals surface area contributed by atoms with Crippen molar-refractivity contribution in [2.75, 3.05) is 23.8 Å². The Morgan fingerprint density at radius 3 is 2.65 bits per heavy atom. The predicted octanol–water partition coefficient (Wildman–Crippen LogP) is 2.51. The van der Waals surface area contributed by atoms with Crippen molar-refractivity contribution >= 4 is 35.1 Å². The summed E-state index contributed by atoms with van der Waals surface area (Å²) in [5.74, 6) is -0.711. The molecule has 2 heterocycles. The zero-order chi connectivity index (χ0) is 18.8. The second-order valence-electron chi connectivity index (χ2n) is 6.16. The maximum absolute atomic E-state index is 12.3. The Morgan fingerprint density at radius 1 is 1.23 bits per heavy atom. The zero-order valence-corrected chi connectivity index (χ0v) is 15.8. The van der Waals surface area contributed by atoms with Crippen molar-refractivity contribution in [2.45, 2.75) is 18.7 Å². The number of para-hydroxylation sites is 1. The van der Waals surface area contributed by atoms with E-state index in [1.165, 1.54) is 16.7 Å². The first-order valence-electron chi connectivity index (χ1n) is 8.22. The number of rotatable bonds is 5. The average Bonchev–Trinajstić information content (AvgIpc) is 2.89. The van der Waals surface area contributed by atoms with Crippen molar-refractivity contribution < 1.29 is 19.1 Å². The summed E-state index contributed by atoms with van der Waals surface area (Å²) in [5, 5.41) is 0. The summed E-state index contributed by atoms with van der Waals surface area (Å²) < 4.78 is 7.04. The van der Waals surface area contributed by atoms with Gasteiger partial charge in [-0.05, 0) is 32.0 Å². The van der Waals surface area contributed by atoms with E-state index in [0.29, 0.717) is 11.3 Å². The lowest BCUT2D eigenvalue weighted by Crippen LogP contribution is -2.40. The van der Waals surface area contributed by atoms with E-state index in [9.17, 15) is 14.4 Å². The Balaban J connectivity index is 1.63. The monoisotopic (exact) mass is 372 g/mol. The van der Waals surface area contributed by atoms with Crippen LogP contribution >= 0.6 is 11.8 Å². The molecule has 3 rings (SSSR count). The molecule has 0 spiro atoms. The first-order valence-corrected chi connectivity index (χ1v) is 9.21. The Kier molecular flexibility index (Phi) is 5.18. The van der Waals surface area contributed by atoms with E-state index in [1.807, 2.05) is 43.7 Å². The first-order chi connectivity index (χ1) is 12.4. The third-order valence-corrected chi connectivity index (χ3v) is 5.58. The molecule has 0 fully saturated rings. The lowest BCUT2D eigenvalue weighted by Gasteiger charge is -2.27. The van der Waals surface area contributed by atoms with Gasteiger partial charge in [-0.3, -0.25) is 19.3 Å². The summed E-state index contributed by atoms with van der Waals surface area (Å²) in [6, 6.07) is 9.21. The van der Waals surface area contributed by atoms with Crippen LogP contribution in [0.4, 0.5) is 5.69 Å². The summed E-state index contributed by atoms with van der Waals surface area (Å²) >= 11 is 1.45. The van der Waals surface area contributed by atoms with Crippen molar-refractivity contribution in [1.82, 2.24) is 4.57 Å². The minimum absolute atomic E-state index is 0.147. The fourth-order valence-electron chi connectivity index (χ4n) is 2.86. The van der Waals surface area contributed by atoms with Gasteiger partial charge in [0, 0.05) is 28.9 Å². The highest BCUT2D eigenvalue weighted by Crippen LogP contribution is 2.34. The smallest absolute Gasteiger partial charge is 0.326 e. The highest BCUT2D eigenvalue weighted by Gasteiger charge is 2.27. The van der Waals surface area contributed by atoms with Crippen molar-refractivity contribution in [1.29, 1.82) is 0 Å². The van der Waals surface area contributed by atoms with Gasteiger partial charge in [0.15, 0.2) is 6.61 Å². The van der Waals surface area contributed by atoms with E-state index in [2.05, 4.69) is 0 Å². The molecule has 26 heavy (non-hydrogen) atoms. The summed E-state index contributed by atoms with van der Waals surface area (Å²) in [4.78, 5) is 39.0. The molecule has 0 saturated carbocycles. The number of ketones is 1. The van der Waals surface area contributed by atoms with E-state index in [-0.39, 0.29) is 30.6 Å². The molecule has 1 aliphatic rings. The van der Waals surface area contributed by atoms with Crippen molar-refractivity contribution in [3.63, 3.8) is 0 Å². The number of esters is 1. The van der Waals surface area contributed by atoms with E-state index in [1.54, 1.807) is 12.1 Å². The van der Waals surface area contributed by atoms with Crippen molar-refractivity contribution in [2.24, 2.45) is 7.05 Å². The molecule has 6 nitrogen and oxygen atoms in total. The number of thioether (sulfide) groups is 1. The number of carbonyl (C=O) groups excluding carboxylic acids is 3. The number of hydrogen-bond donors (Lipinski definition) is 0. The molecule has 136 valence electrons. The van der Waals surface area contributed by atoms with Crippen LogP contribution in [0.3, 0.4) is 0 Å². The molecule has 2 aromatic rings. The van der Waals surface area contributed by atoms with Crippen molar-refractivity contribution in [3.8, 4) is 0 Å². The van der Waals surface area contributed by atoms with Crippen LogP contribution in [0.5, 0.6) is 0 Å². The van der Waals surface area contributed by atoms with Gasteiger partial charge in [-0.15, -0.1) is 11.8 Å². The summed E-state index contributed by atoms with van der Waals surface area (Å²) in [5.41, 5.74) is 3.05. The summed E-state index contributed by atoms with van der Waals surface area (Å²) in [7, 11) is 1.88. The fourth-order valence-corrected chi connectivity index (χ4v) is 3.80. The van der Waals surface area contributed by atoms with Gasteiger partial charge in [0.25, 0.3) is 0 Å². The molecule has 0 aliphatic carbocycles. The Bertz CT molecular complexity index is 888. The molecule has 0 unspecified atom stereocenters. The van der Waals surface area contributed by atoms with E-state index in [4.69, 9.17) is 4.74 Å². The van der Waals surface area contributed by atoms with Gasteiger partial charge in [-0.2, -0.15) is 0 Å². The Morgan fingerprint density at radius 2 is 1.96 bits per heavy atom. The fraction of sp³-hybridized carbons (Fsp3) is 0.316. The number of carbonyl (C=O) groups is 3. The van der Waals surface area contributed by atoms with Gasteiger partial charge in [-0.25, -0.2) is 0 Å². The lowest BCUT2D eigenvalue weighted by atomic mass is 10.1. The number of anilines is 1. The van der Waals surface area contributed by atoms with Gasteiger partial charge in [0.2, 0.25) is 11.7 Å². The molecule has 0 N–H and O–H groups in total. The van der Waals surface area contributed by atoms with E-state index < -0.39 is 5.97 Å². The van der Waals surface area contributed by atoms with Crippen LogP contribution in [-0.2, 0) is 21.4 Å². The predicted molar refractivity (Wildman–Crippen MR) is 99.7 cm³/mol. The van der Waals surface area contributed by atoms with Crippen LogP contribution in [-0.4, -0.2) is 41.1 Å². The minimum Gasteiger partial charge on any atom is -0.456 e. The SMILES string of the molecule is Cc1cc(C(=O)COC(=O)CN2C(=O)CSc3ccccc32)c(C)n1C. The van der Waals surface area contributed by atoms with Gasteiger partial charge >= 0.3 is 5.97 Å². The van der Waals surface area contributed by atoms with Crippen LogP contribution in [0.25, 0.3) is 0 Å². The number of ether oxygens (including phenoxy) is 1. The molecule has 0 atom stereocenters. The largest absolute Gasteiger partial charge is 0.456 e. The molecular weight excluding hydrogens is 352 g/mol. The number of fused-ring (bicyclic) bond motifs is 1. The van der Waals surface area contributed by atoms with E-state index in [0.717, 1.165) is 16.3 Å². The van der Waals surface area contributed by atoms with Gasteiger partial charge in [-0.1, -0.05) is 12.1 Å². The zero-order valence-electron chi connectivity index (χ0n) is 14.9. The molecule has 1 aromatic carbocycles. The minimum atomic E-state index is -0.598. The summed E-state index contributed by atoms with van der Waals surface area (Å²) in [6.45, 7) is 3.23. The van der Waals surface area contributed by atoms with Gasteiger partial charge in [0.05, 0.1) is 11.4 Å². The molecular formula is C19H20N2O4S. The van der Waals surface area contributed by atoms with Crippen LogP contribution in [0, 0.1) is 13.8 Å². The number of hydrogen-bond acceptors (Lipinski definition) is 5. The normalized spacial score (nSPS) is 13.5. The Hall–Kier alpha value is -2.54. The highest BCUT2D eigenvalue weighted by atomic mass is 32.2. The van der Waals surface area contributed by atoms with Gasteiger partial charge in [0.1, 0.15) is 6.54 Å². The second kappa shape index (κ2) is 7.37. The molecule has 0 bridgehead atoms. The third kappa shape index (κ3) is 3.53. The van der Waals surface area contributed by atoms with Crippen LogP contribution < -0.4 is 4.90 Å². The number of aromatic nitrogens is 1. The molecule has 0 saturated heterocycles. The van der Waals surface area contributed by atoms with Crippen LogP contribution in [0.2, 0.25) is 0 Å². The number of aryl methyl sites for hydroxylation is 1.